The van der Waals surface area contributed by atoms with Crippen LogP contribution in [0.2, 0.25) is 0 Å². The molecule has 1 atom stereocenters. The molecule has 0 bridgehead atoms. The van der Waals surface area contributed by atoms with Gasteiger partial charge in [0, 0.05) is 34.9 Å². The fourth-order valence-electron chi connectivity index (χ4n) is 5.08. The number of alkyl carbamates (subject to hydrolysis) is 1. The summed E-state index contributed by atoms with van der Waals surface area (Å²) in [4.78, 5) is 30.1. The molecule has 3 N–H and O–H groups in total. The molecule has 0 saturated heterocycles. The SMILES string of the molecule is CC(C)OC(=O)NC1CCC(c2ncc(-c3ccc(NC(=O)OC(C)c4ccccc4)cc3S(=O)(=O)NC(C)(C)C)s2)CC1. The van der Waals surface area contributed by atoms with E-state index in [0.29, 0.717) is 16.1 Å². The van der Waals surface area contributed by atoms with Crippen LogP contribution in [0.4, 0.5) is 15.3 Å². The van der Waals surface area contributed by atoms with Gasteiger partial charge in [0.15, 0.2) is 0 Å². The number of sulfonamides is 1. The number of nitrogens with zero attached hydrogens (tertiary/aromatic N) is 1. The summed E-state index contributed by atoms with van der Waals surface area (Å²) in [5.74, 6) is 0.211. The van der Waals surface area contributed by atoms with E-state index in [1.54, 1.807) is 46.0 Å². The van der Waals surface area contributed by atoms with Gasteiger partial charge in [-0.1, -0.05) is 36.4 Å². The maximum Gasteiger partial charge on any atom is 0.412 e. The van der Waals surface area contributed by atoms with Gasteiger partial charge >= 0.3 is 12.2 Å². The average molecular weight is 643 g/mol. The van der Waals surface area contributed by atoms with E-state index in [4.69, 9.17) is 9.47 Å². The molecule has 238 valence electrons. The van der Waals surface area contributed by atoms with E-state index < -0.39 is 33.9 Å². The number of rotatable bonds is 9. The van der Waals surface area contributed by atoms with Crippen molar-refractivity contribution >= 4 is 39.2 Å². The summed E-state index contributed by atoms with van der Waals surface area (Å²) in [5.41, 5.74) is 0.903. The molecule has 0 spiro atoms. The lowest BCUT2D eigenvalue weighted by molar-refractivity contribution is 0.109. The summed E-state index contributed by atoms with van der Waals surface area (Å²) < 4.78 is 40.7. The molecule has 10 nitrogen and oxygen atoms in total. The first-order valence-electron chi connectivity index (χ1n) is 14.8. The first kappa shape index (κ1) is 33.4. The van der Waals surface area contributed by atoms with Gasteiger partial charge in [-0.3, -0.25) is 5.32 Å². The predicted molar refractivity (Wildman–Crippen MR) is 172 cm³/mol. The largest absolute Gasteiger partial charge is 0.447 e. The lowest BCUT2D eigenvalue weighted by Gasteiger charge is -2.28. The molecule has 4 rings (SSSR count). The molecule has 12 heteroatoms. The monoisotopic (exact) mass is 642 g/mol. The van der Waals surface area contributed by atoms with Crippen LogP contribution in [0.15, 0.2) is 59.6 Å². The van der Waals surface area contributed by atoms with Crippen LogP contribution in [-0.4, -0.2) is 43.3 Å². The molecule has 3 aromatic rings. The van der Waals surface area contributed by atoms with Crippen LogP contribution < -0.4 is 15.4 Å². The smallest absolute Gasteiger partial charge is 0.412 e. The number of carbonyl (C=O) groups is 2. The second-order valence-corrected chi connectivity index (χ2v) is 15.1. The number of anilines is 1. The van der Waals surface area contributed by atoms with Crippen LogP contribution in [0.25, 0.3) is 10.4 Å². The van der Waals surface area contributed by atoms with Crippen molar-refractivity contribution < 1.29 is 27.5 Å². The summed E-state index contributed by atoms with van der Waals surface area (Å²) in [6.45, 7) is 10.7. The van der Waals surface area contributed by atoms with E-state index in [9.17, 15) is 18.0 Å². The number of nitrogens with one attached hydrogen (secondary N) is 3. The van der Waals surface area contributed by atoms with Crippen LogP contribution in [0.1, 0.15) is 89.8 Å². The van der Waals surface area contributed by atoms with Crippen LogP contribution in [-0.2, 0) is 19.5 Å². The summed E-state index contributed by atoms with van der Waals surface area (Å²) in [5, 5.41) is 6.55. The quantitative estimate of drug-likeness (QED) is 0.222. The Balaban J connectivity index is 1.52. The Labute approximate surface area is 264 Å². The van der Waals surface area contributed by atoms with E-state index >= 15 is 0 Å². The Bertz CT molecular complexity index is 1540. The zero-order valence-electron chi connectivity index (χ0n) is 26.0. The van der Waals surface area contributed by atoms with Gasteiger partial charge in [0.2, 0.25) is 10.0 Å². The molecular weight excluding hydrogens is 601 g/mol. The van der Waals surface area contributed by atoms with Gasteiger partial charge in [-0.15, -0.1) is 11.3 Å². The van der Waals surface area contributed by atoms with Crippen molar-refractivity contribution in [2.24, 2.45) is 0 Å². The van der Waals surface area contributed by atoms with Crippen LogP contribution >= 0.6 is 11.3 Å². The number of aromatic nitrogens is 1. The highest BCUT2D eigenvalue weighted by atomic mass is 32.2. The standard InChI is InChI=1S/C32H42N4O6S2/c1-20(2)41-30(37)34-24-14-12-23(13-15-24)29-33-19-27(43-29)26-17-16-25(18-28(26)44(39,40)36-32(4,5)6)35-31(38)42-21(3)22-10-8-7-9-11-22/h7-11,16-21,23-24,36H,12-15H2,1-6H3,(H,34,37)(H,35,38). The third-order valence-corrected chi connectivity index (χ3v) is 10.0. The predicted octanol–water partition coefficient (Wildman–Crippen LogP) is 7.36. The molecular formula is C32H42N4O6S2. The lowest BCUT2D eigenvalue weighted by atomic mass is 9.86. The Kier molecular flexibility index (Phi) is 10.7. The molecule has 44 heavy (non-hydrogen) atoms. The summed E-state index contributed by atoms with van der Waals surface area (Å²) in [6.07, 6.45) is 3.27. The van der Waals surface area contributed by atoms with Crippen LogP contribution in [0.3, 0.4) is 0 Å². The zero-order valence-corrected chi connectivity index (χ0v) is 27.7. The van der Waals surface area contributed by atoms with E-state index in [-0.39, 0.29) is 23.0 Å². The second kappa shape index (κ2) is 14.1. The Morgan fingerprint density at radius 3 is 2.27 bits per heavy atom. The van der Waals surface area contributed by atoms with Gasteiger partial charge in [0.1, 0.15) is 6.10 Å². The van der Waals surface area contributed by atoms with Crippen molar-refractivity contribution in [2.45, 2.75) is 102 Å². The summed E-state index contributed by atoms with van der Waals surface area (Å²) in [7, 11) is -3.98. The molecule has 1 aliphatic rings. The van der Waals surface area contributed by atoms with E-state index in [1.165, 1.54) is 17.4 Å². The number of ether oxygens (including phenoxy) is 2. The zero-order chi connectivity index (χ0) is 32.1. The number of benzene rings is 2. The summed E-state index contributed by atoms with van der Waals surface area (Å²) in [6, 6.07) is 14.2. The number of carbonyl (C=O) groups excluding carboxylic acids is 2. The molecule has 1 heterocycles. The van der Waals surface area contributed by atoms with E-state index in [0.717, 1.165) is 36.3 Å². The Hall–Kier alpha value is -3.48. The minimum atomic E-state index is -3.98. The highest BCUT2D eigenvalue weighted by molar-refractivity contribution is 7.89. The van der Waals surface area contributed by atoms with Crippen LogP contribution in [0, 0.1) is 0 Å². The Morgan fingerprint density at radius 2 is 1.64 bits per heavy atom. The second-order valence-electron chi connectivity index (χ2n) is 12.4. The third kappa shape index (κ3) is 9.26. The minimum absolute atomic E-state index is 0.0353. The Morgan fingerprint density at radius 1 is 0.955 bits per heavy atom. The first-order valence-corrected chi connectivity index (χ1v) is 17.1. The number of hydrogen-bond donors (Lipinski definition) is 3. The molecule has 1 saturated carbocycles. The number of thiazole rings is 1. The van der Waals surface area contributed by atoms with Crippen molar-refractivity contribution in [3.8, 4) is 10.4 Å². The van der Waals surface area contributed by atoms with Crippen molar-refractivity contribution in [1.82, 2.24) is 15.0 Å². The fourth-order valence-corrected chi connectivity index (χ4v) is 7.94. The molecule has 1 aliphatic carbocycles. The van der Waals surface area contributed by atoms with Gasteiger partial charge in [0.25, 0.3) is 0 Å². The average Bonchev–Trinajstić information content (AvgIpc) is 3.42. The van der Waals surface area contributed by atoms with Crippen molar-refractivity contribution in [1.29, 1.82) is 0 Å². The number of amides is 2. The van der Waals surface area contributed by atoms with Gasteiger partial charge in [-0.25, -0.2) is 27.7 Å². The summed E-state index contributed by atoms with van der Waals surface area (Å²) >= 11 is 1.46. The highest BCUT2D eigenvalue weighted by Gasteiger charge is 2.29. The molecule has 0 radical (unpaired) electrons. The molecule has 0 aliphatic heterocycles. The van der Waals surface area contributed by atoms with Gasteiger partial charge in [-0.05, 0) is 84.9 Å². The first-order chi connectivity index (χ1) is 20.7. The van der Waals surface area contributed by atoms with Crippen molar-refractivity contribution in [2.75, 3.05) is 5.32 Å². The molecule has 1 aromatic heterocycles. The normalized spacial score (nSPS) is 18.0. The molecule has 2 amide bonds. The van der Waals surface area contributed by atoms with Gasteiger partial charge in [-0.2, -0.15) is 0 Å². The van der Waals surface area contributed by atoms with Crippen LogP contribution in [0.5, 0.6) is 0 Å². The molecule has 2 aromatic carbocycles. The van der Waals surface area contributed by atoms with Crippen molar-refractivity contribution in [3.05, 3.63) is 65.3 Å². The van der Waals surface area contributed by atoms with E-state index in [1.807, 2.05) is 44.2 Å². The molecule has 1 fully saturated rings. The topological polar surface area (TPSA) is 136 Å². The van der Waals surface area contributed by atoms with Gasteiger partial charge in [0.05, 0.1) is 20.9 Å². The molecule has 1 unspecified atom stereocenters. The third-order valence-electron chi connectivity index (χ3n) is 7.04. The maximum atomic E-state index is 13.6. The lowest BCUT2D eigenvalue weighted by Crippen LogP contribution is -2.40. The van der Waals surface area contributed by atoms with Gasteiger partial charge < -0.3 is 14.8 Å². The number of hydrogen-bond acceptors (Lipinski definition) is 8. The maximum absolute atomic E-state index is 13.6. The minimum Gasteiger partial charge on any atom is -0.447 e. The highest BCUT2D eigenvalue weighted by Crippen LogP contribution is 2.40. The van der Waals surface area contributed by atoms with E-state index in [2.05, 4.69) is 20.3 Å². The van der Waals surface area contributed by atoms with Crippen molar-refractivity contribution in [3.63, 3.8) is 0 Å². The fraction of sp³-hybridized carbons (Fsp3) is 0.469.